The van der Waals surface area contributed by atoms with Crippen molar-refractivity contribution < 1.29 is 27.8 Å². The van der Waals surface area contributed by atoms with E-state index in [0.29, 0.717) is 0 Å². The fourth-order valence-electron chi connectivity index (χ4n) is 1.31. The Labute approximate surface area is 89.5 Å². The molecule has 1 aliphatic rings. The van der Waals surface area contributed by atoms with Crippen LogP contribution in [0.4, 0.5) is 18.0 Å². The maximum Gasteiger partial charge on any atom is 0.439 e. The second kappa shape index (κ2) is 3.93. The van der Waals surface area contributed by atoms with Crippen LogP contribution < -0.4 is 0 Å². The Morgan fingerprint density at radius 1 is 1.69 bits per heavy atom. The number of nitrogens with zero attached hydrogens (tertiary/aromatic N) is 2. The number of amides is 1. The minimum atomic E-state index is -4.98. The summed E-state index contributed by atoms with van der Waals surface area (Å²) in [5.74, 6) is 0. The number of carbonyl (C=O) groups excluding carboxylic acids is 1. The molecule has 0 aromatic carbocycles. The average molecular weight is 240 g/mol. The van der Waals surface area contributed by atoms with Gasteiger partial charge in [-0.25, -0.2) is 4.79 Å². The molecule has 0 saturated carbocycles. The van der Waals surface area contributed by atoms with Gasteiger partial charge in [-0.15, -0.1) is 0 Å². The van der Waals surface area contributed by atoms with E-state index in [-0.39, 0.29) is 17.1 Å². The molecule has 0 saturated heterocycles. The van der Waals surface area contributed by atoms with Gasteiger partial charge in [-0.1, -0.05) is 6.92 Å². The lowest BCUT2D eigenvalue weighted by Gasteiger charge is -2.31. The van der Waals surface area contributed by atoms with Gasteiger partial charge >= 0.3 is 12.3 Å². The van der Waals surface area contributed by atoms with E-state index in [9.17, 15) is 23.1 Å². The third-order valence-electron chi connectivity index (χ3n) is 2.25. The number of rotatable bonds is 1. The monoisotopic (exact) mass is 240 g/mol. The van der Waals surface area contributed by atoms with Gasteiger partial charge in [0.25, 0.3) is 5.72 Å². The average Bonchev–Trinajstić information content (AvgIpc) is 2.55. The lowest BCUT2D eigenvalue weighted by atomic mass is 10.1. The molecule has 0 aromatic heterocycles. The van der Waals surface area contributed by atoms with E-state index in [1.165, 1.54) is 0 Å². The first-order valence-electron chi connectivity index (χ1n) is 4.50. The highest BCUT2D eigenvalue weighted by Crippen LogP contribution is 2.40. The molecule has 1 rings (SSSR count). The first-order valence-corrected chi connectivity index (χ1v) is 4.50. The lowest BCUT2D eigenvalue weighted by molar-refractivity contribution is -0.299. The summed E-state index contributed by atoms with van der Waals surface area (Å²) in [5, 5.41) is 12.8. The number of alkyl halides is 3. The van der Waals surface area contributed by atoms with E-state index in [2.05, 4.69) is 9.84 Å². The van der Waals surface area contributed by atoms with Crippen molar-refractivity contribution in [3.05, 3.63) is 0 Å². The molecule has 92 valence electrons. The van der Waals surface area contributed by atoms with Crippen LogP contribution in [0.15, 0.2) is 5.10 Å². The lowest BCUT2D eigenvalue weighted by Crippen LogP contribution is -2.56. The zero-order chi connectivity index (χ0) is 12.6. The number of hydrogen-bond donors (Lipinski definition) is 1. The van der Waals surface area contributed by atoms with Crippen molar-refractivity contribution in [2.45, 2.75) is 31.7 Å². The summed E-state index contributed by atoms with van der Waals surface area (Å²) in [4.78, 5) is 11.1. The number of halogens is 3. The highest BCUT2D eigenvalue weighted by molar-refractivity contribution is 5.89. The van der Waals surface area contributed by atoms with Crippen molar-refractivity contribution in [3.8, 4) is 0 Å². The summed E-state index contributed by atoms with van der Waals surface area (Å²) in [5.41, 5.74) is -3.21. The van der Waals surface area contributed by atoms with Crippen LogP contribution in [0.25, 0.3) is 0 Å². The highest BCUT2D eigenvalue weighted by atomic mass is 19.4. The first-order chi connectivity index (χ1) is 7.26. The van der Waals surface area contributed by atoms with E-state index in [0.717, 1.165) is 7.11 Å². The Hall–Kier alpha value is -1.31. The van der Waals surface area contributed by atoms with Crippen LogP contribution in [-0.4, -0.2) is 40.9 Å². The van der Waals surface area contributed by atoms with Gasteiger partial charge in [0.05, 0.1) is 7.11 Å². The van der Waals surface area contributed by atoms with Crippen molar-refractivity contribution in [1.29, 1.82) is 0 Å². The summed E-state index contributed by atoms with van der Waals surface area (Å²) < 4.78 is 42.0. The molecule has 1 aliphatic heterocycles. The molecule has 0 fully saturated rings. The Morgan fingerprint density at radius 2 is 2.25 bits per heavy atom. The quantitative estimate of drug-likeness (QED) is 0.755. The van der Waals surface area contributed by atoms with E-state index >= 15 is 0 Å². The largest absolute Gasteiger partial charge is 0.451 e. The fourth-order valence-corrected chi connectivity index (χ4v) is 1.31. The van der Waals surface area contributed by atoms with Gasteiger partial charge in [-0.05, 0) is 6.42 Å². The molecule has 8 heteroatoms. The van der Waals surface area contributed by atoms with Gasteiger partial charge in [-0.3, -0.25) is 0 Å². The summed E-state index contributed by atoms with van der Waals surface area (Å²) in [6.45, 7) is 1.58. The SMILES string of the molecule is CCC1=NN(C(=O)OC)[C@@](O)(C(F)(F)F)C1. The van der Waals surface area contributed by atoms with Crippen LogP contribution in [0.3, 0.4) is 0 Å². The van der Waals surface area contributed by atoms with Gasteiger partial charge in [0.1, 0.15) is 0 Å². The fraction of sp³-hybridized carbons (Fsp3) is 0.750. The molecular weight excluding hydrogens is 229 g/mol. The summed E-state index contributed by atoms with van der Waals surface area (Å²) >= 11 is 0. The van der Waals surface area contributed by atoms with E-state index in [1.54, 1.807) is 6.92 Å². The van der Waals surface area contributed by atoms with Gasteiger partial charge < -0.3 is 9.84 Å². The second-order valence-electron chi connectivity index (χ2n) is 3.29. The zero-order valence-corrected chi connectivity index (χ0v) is 8.71. The topological polar surface area (TPSA) is 62.1 Å². The Bertz CT molecular complexity index is 329. The maximum atomic E-state index is 12.6. The van der Waals surface area contributed by atoms with Gasteiger partial charge in [0.15, 0.2) is 0 Å². The van der Waals surface area contributed by atoms with Gasteiger partial charge in [0.2, 0.25) is 0 Å². The molecule has 0 aromatic rings. The molecule has 1 N–H and O–H groups in total. The van der Waals surface area contributed by atoms with E-state index in [1.807, 2.05) is 0 Å². The molecule has 0 spiro atoms. The summed E-state index contributed by atoms with van der Waals surface area (Å²) in [6.07, 6.45) is -6.86. The smallest absolute Gasteiger partial charge is 0.439 e. The number of methoxy groups -OCH3 is 1. The Kier molecular flexibility index (Phi) is 3.13. The predicted molar refractivity (Wildman–Crippen MR) is 47.6 cm³/mol. The molecule has 5 nitrogen and oxygen atoms in total. The number of ether oxygens (including phenoxy) is 1. The van der Waals surface area contributed by atoms with Crippen molar-refractivity contribution in [1.82, 2.24) is 5.01 Å². The minimum Gasteiger partial charge on any atom is -0.451 e. The maximum absolute atomic E-state index is 12.6. The second-order valence-corrected chi connectivity index (χ2v) is 3.29. The number of hydrazone groups is 1. The molecule has 0 bridgehead atoms. The minimum absolute atomic E-state index is 0.0637. The first kappa shape index (κ1) is 12.8. The molecule has 1 atom stereocenters. The van der Waals surface area contributed by atoms with Crippen molar-refractivity contribution in [2.75, 3.05) is 7.11 Å². The molecule has 0 unspecified atom stereocenters. The van der Waals surface area contributed by atoms with Crippen LogP contribution in [-0.2, 0) is 4.74 Å². The van der Waals surface area contributed by atoms with E-state index in [4.69, 9.17) is 0 Å². The molecule has 1 heterocycles. The summed E-state index contributed by atoms with van der Waals surface area (Å²) in [6, 6.07) is 0. The molecule has 1 amide bonds. The normalized spacial score (nSPS) is 25.6. The van der Waals surface area contributed by atoms with Crippen molar-refractivity contribution in [2.24, 2.45) is 5.10 Å². The van der Waals surface area contributed by atoms with Crippen LogP contribution in [0, 0.1) is 0 Å². The van der Waals surface area contributed by atoms with Gasteiger partial charge in [-0.2, -0.15) is 23.3 Å². The van der Waals surface area contributed by atoms with Crippen LogP contribution >= 0.6 is 0 Å². The standard InChI is InChI=1S/C8H11F3N2O3/c1-3-5-4-7(15,8(9,10)11)13(12-5)6(14)16-2/h15H,3-4H2,1-2H3/t7-/m0/s1. The van der Waals surface area contributed by atoms with Crippen molar-refractivity contribution in [3.63, 3.8) is 0 Å². The Balaban J connectivity index is 3.08. The third kappa shape index (κ3) is 1.84. The predicted octanol–water partition coefficient (Wildman–Crippen LogP) is 1.48. The van der Waals surface area contributed by atoms with Crippen LogP contribution in [0.2, 0.25) is 0 Å². The molecular formula is C8H11F3N2O3. The number of carbonyl (C=O) groups is 1. The Morgan fingerprint density at radius 3 is 2.62 bits per heavy atom. The number of aliphatic hydroxyl groups is 1. The molecule has 0 aliphatic carbocycles. The molecule has 0 radical (unpaired) electrons. The van der Waals surface area contributed by atoms with Gasteiger partial charge in [0, 0.05) is 12.1 Å². The molecule has 16 heavy (non-hydrogen) atoms. The van der Waals surface area contributed by atoms with Crippen molar-refractivity contribution >= 4 is 11.8 Å². The third-order valence-corrected chi connectivity index (χ3v) is 2.25. The van der Waals surface area contributed by atoms with Crippen LogP contribution in [0.1, 0.15) is 19.8 Å². The van der Waals surface area contributed by atoms with E-state index < -0.39 is 24.4 Å². The highest BCUT2D eigenvalue weighted by Gasteiger charge is 2.63. The number of hydrogen-bond acceptors (Lipinski definition) is 4. The zero-order valence-electron chi connectivity index (χ0n) is 8.71. The van der Waals surface area contributed by atoms with Crippen LogP contribution in [0.5, 0.6) is 0 Å². The summed E-state index contributed by atoms with van der Waals surface area (Å²) in [7, 11) is 0.915.